The van der Waals surface area contributed by atoms with Gasteiger partial charge in [-0.25, -0.2) is 8.57 Å². The zero-order valence-electron chi connectivity index (χ0n) is 3.75. The van der Waals surface area contributed by atoms with E-state index < -0.39 is 10.2 Å². The summed E-state index contributed by atoms with van der Waals surface area (Å²) in [6, 6.07) is 0. The van der Waals surface area contributed by atoms with Crippen molar-refractivity contribution in [3.63, 3.8) is 0 Å². The van der Waals surface area contributed by atoms with E-state index in [4.69, 9.17) is 0 Å². The fourth-order valence-electron chi connectivity index (χ4n) is 0.0633. The second kappa shape index (κ2) is 3.72. The van der Waals surface area contributed by atoms with Gasteiger partial charge in [0.1, 0.15) is 0 Å². The van der Waals surface area contributed by atoms with Gasteiger partial charge in [0, 0.05) is 0 Å². The molecule has 0 aromatic rings. The van der Waals surface area contributed by atoms with Crippen LogP contribution in [-0.2, 0) is 8.57 Å². The minimum absolute atomic E-state index is 0.329. The van der Waals surface area contributed by atoms with E-state index in [1.54, 1.807) is 0 Å². The van der Waals surface area contributed by atoms with E-state index in [1.165, 1.54) is 0 Å². The summed E-state index contributed by atoms with van der Waals surface area (Å²) >= 11 is -0.329. The van der Waals surface area contributed by atoms with Crippen molar-refractivity contribution in [1.29, 1.82) is 0 Å². The first-order valence-electron chi connectivity index (χ1n) is 1.43. The van der Waals surface area contributed by atoms with Crippen LogP contribution in [0.1, 0.15) is 0 Å². The Balaban J connectivity index is 3.10. The Labute approximate surface area is 52.4 Å². The zero-order valence-corrected chi connectivity index (χ0v) is 4.57. The third-order valence-corrected chi connectivity index (χ3v) is 0.548. The molecule has 0 aromatic carbocycles. The van der Waals surface area contributed by atoms with Gasteiger partial charge in [0.15, 0.2) is 0 Å². The van der Waals surface area contributed by atoms with Crippen molar-refractivity contribution < 1.29 is 18.7 Å². The lowest BCUT2D eigenvalue weighted by Crippen LogP contribution is -1.97. The van der Waals surface area contributed by atoms with Crippen LogP contribution >= 0.6 is 12.3 Å². The van der Waals surface area contributed by atoms with Crippen LogP contribution in [0.2, 0.25) is 0 Å². The Bertz CT molecular complexity index is 106. The molecule has 0 spiro atoms. The van der Waals surface area contributed by atoms with E-state index >= 15 is 0 Å². The number of rotatable bonds is 4. The molecule has 0 heterocycles. The maximum Gasteiger partial charge on any atom is 0.308 e. The average molecular weight is 156 g/mol. The molecule has 0 unspecified atom stereocenters. The topological polar surface area (TPSA) is 105 Å². The third-order valence-electron chi connectivity index (χ3n) is 0.183. The van der Waals surface area contributed by atoms with Gasteiger partial charge in [-0.05, 0) is 0 Å². The van der Waals surface area contributed by atoms with Crippen molar-refractivity contribution >= 4 is 12.3 Å². The molecule has 0 fully saturated rings. The fraction of sp³-hybridized carbons (Fsp3) is 0. The molecule has 8 nitrogen and oxygen atoms in total. The zero-order chi connectivity index (χ0) is 7.28. The Morgan fingerprint density at radius 2 is 1.44 bits per heavy atom. The molecule has 52 valence electrons. The van der Waals surface area contributed by atoms with E-state index in [1.807, 2.05) is 0 Å². The highest BCUT2D eigenvalue weighted by Gasteiger charge is 1.99. The van der Waals surface area contributed by atoms with Crippen LogP contribution in [0.15, 0.2) is 0 Å². The molecule has 0 aliphatic rings. The first-order chi connectivity index (χ1) is 4.13. The lowest BCUT2D eigenvalue weighted by Gasteiger charge is -1.89. The van der Waals surface area contributed by atoms with Gasteiger partial charge in [-0.3, -0.25) is 0 Å². The Hall–Kier alpha value is -1.25. The van der Waals surface area contributed by atoms with E-state index in [2.05, 4.69) is 8.57 Å². The molecular formula is N2O6S. The van der Waals surface area contributed by atoms with E-state index in [0.29, 0.717) is 0 Å². The van der Waals surface area contributed by atoms with Gasteiger partial charge >= 0.3 is 10.2 Å². The van der Waals surface area contributed by atoms with Gasteiger partial charge in [-0.15, -0.1) is 20.2 Å². The summed E-state index contributed by atoms with van der Waals surface area (Å²) in [6.07, 6.45) is 0. The molecule has 0 saturated carbocycles. The summed E-state index contributed by atoms with van der Waals surface area (Å²) in [5.74, 6) is 0. The van der Waals surface area contributed by atoms with Gasteiger partial charge in [0.25, 0.3) is 0 Å². The number of hydrogen-bond acceptors (Lipinski definition) is 7. The molecule has 0 saturated heterocycles. The minimum atomic E-state index is -1.23. The van der Waals surface area contributed by atoms with Gasteiger partial charge in [0.2, 0.25) is 12.3 Å². The van der Waals surface area contributed by atoms with Gasteiger partial charge < -0.3 is 0 Å². The molecule has 0 aromatic heterocycles. The van der Waals surface area contributed by atoms with Crippen LogP contribution in [-0.4, -0.2) is 10.2 Å². The molecule has 9 heavy (non-hydrogen) atoms. The molecule has 0 radical (unpaired) electrons. The van der Waals surface area contributed by atoms with Crippen LogP contribution in [0, 0.1) is 20.2 Å². The summed E-state index contributed by atoms with van der Waals surface area (Å²) in [7, 11) is 0. The summed E-state index contributed by atoms with van der Waals surface area (Å²) in [5, 5.41) is 16.0. The normalized spacial score (nSPS) is 8.00. The maximum absolute atomic E-state index is 9.24. The average Bonchev–Trinajstić information content (AvgIpc) is 1.63. The third kappa shape index (κ3) is 6.75. The molecule has 0 amide bonds. The van der Waals surface area contributed by atoms with Gasteiger partial charge in [-0.1, -0.05) is 0 Å². The van der Waals surface area contributed by atoms with Gasteiger partial charge in [-0.2, -0.15) is 0 Å². The highest BCUT2D eigenvalue weighted by molar-refractivity contribution is 7.89. The van der Waals surface area contributed by atoms with Crippen molar-refractivity contribution in [2.24, 2.45) is 0 Å². The highest BCUT2D eigenvalue weighted by Crippen LogP contribution is 2.02. The molecular weight excluding hydrogens is 156 g/mol. The fourth-order valence-corrected chi connectivity index (χ4v) is 0.190. The van der Waals surface area contributed by atoms with E-state index in [0.717, 1.165) is 0 Å². The molecule has 0 aliphatic carbocycles. The van der Waals surface area contributed by atoms with E-state index in [9.17, 15) is 20.2 Å². The summed E-state index contributed by atoms with van der Waals surface area (Å²) in [4.78, 5) is 18.5. The van der Waals surface area contributed by atoms with Crippen molar-refractivity contribution in [3.8, 4) is 0 Å². The molecule has 0 aliphatic heterocycles. The Morgan fingerprint density at radius 1 is 1.11 bits per heavy atom. The largest absolute Gasteiger partial charge is 0.308 e. The first kappa shape index (κ1) is 7.75. The smallest absolute Gasteiger partial charge is 0.213 e. The van der Waals surface area contributed by atoms with Crippen molar-refractivity contribution in [1.82, 2.24) is 0 Å². The van der Waals surface area contributed by atoms with Crippen molar-refractivity contribution in [2.75, 3.05) is 0 Å². The number of nitrogens with zero attached hydrogens (tertiary/aromatic N) is 2. The van der Waals surface area contributed by atoms with Crippen LogP contribution in [0.5, 0.6) is 0 Å². The SMILES string of the molecule is O=[N+]([O-])OSO[N+](=O)[O-]. The second-order valence-corrected chi connectivity index (χ2v) is 1.10. The predicted molar refractivity (Wildman–Crippen MR) is 23.7 cm³/mol. The van der Waals surface area contributed by atoms with Crippen molar-refractivity contribution in [2.45, 2.75) is 0 Å². The van der Waals surface area contributed by atoms with E-state index in [-0.39, 0.29) is 12.3 Å². The molecule has 9 heteroatoms. The standard InChI is InChI=1S/N2O6S/c3-1(4)7-9-8-2(5)6. The molecule has 0 rings (SSSR count). The molecule has 0 bridgehead atoms. The second-order valence-electron chi connectivity index (χ2n) is 0.664. The van der Waals surface area contributed by atoms with Crippen LogP contribution in [0.25, 0.3) is 0 Å². The summed E-state index contributed by atoms with van der Waals surface area (Å²) in [5.41, 5.74) is 0. The monoisotopic (exact) mass is 156 g/mol. The minimum Gasteiger partial charge on any atom is -0.213 e. The Kier molecular flexibility index (Phi) is 3.20. The summed E-state index contributed by atoms with van der Waals surface area (Å²) < 4.78 is 6.66. The lowest BCUT2D eigenvalue weighted by atomic mass is 13.1. The van der Waals surface area contributed by atoms with Crippen LogP contribution in [0.3, 0.4) is 0 Å². The van der Waals surface area contributed by atoms with Crippen molar-refractivity contribution in [3.05, 3.63) is 20.2 Å². The quantitative estimate of drug-likeness (QED) is 0.319. The first-order valence-corrected chi connectivity index (χ1v) is 2.10. The molecule has 0 N–H and O–H groups in total. The van der Waals surface area contributed by atoms with Crippen LogP contribution in [0.4, 0.5) is 0 Å². The van der Waals surface area contributed by atoms with Gasteiger partial charge in [0.05, 0.1) is 0 Å². The Morgan fingerprint density at radius 3 is 1.67 bits per heavy atom. The number of hydrogen-bond donors (Lipinski definition) is 0. The van der Waals surface area contributed by atoms with Crippen LogP contribution < -0.4 is 0 Å². The summed E-state index contributed by atoms with van der Waals surface area (Å²) in [6.45, 7) is 0. The lowest BCUT2D eigenvalue weighted by molar-refractivity contribution is -0.737. The molecule has 0 atom stereocenters. The predicted octanol–water partition coefficient (Wildman–Crippen LogP) is -0.0338. The maximum atomic E-state index is 9.24. The highest BCUT2D eigenvalue weighted by atomic mass is 32.2.